The van der Waals surface area contributed by atoms with E-state index in [0.29, 0.717) is 5.82 Å². The number of nitrogens with one attached hydrogen (secondary N) is 1. The number of hydrogen-bond donors (Lipinski definition) is 1. The molecule has 1 aliphatic carbocycles. The van der Waals surface area contributed by atoms with Crippen molar-refractivity contribution in [2.45, 2.75) is 12.8 Å². The van der Waals surface area contributed by atoms with Crippen LogP contribution in [0.2, 0.25) is 0 Å². The van der Waals surface area contributed by atoms with Crippen LogP contribution in [0.15, 0.2) is 42.7 Å². The van der Waals surface area contributed by atoms with Gasteiger partial charge in [0.2, 0.25) is 5.91 Å². The van der Waals surface area contributed by atoms with Crippen molar-refractivity contribution in [1.82, 2.24) is 14.6 Å². The van der Waals surface area contributed by atoms with E-state index in [4.69, 9.17) is 4.74 Å². The quantitative estimate of drug-likeness (QED) is 0.804. The van der Waals surface area contributed by atoms with Gasteiger partial charge >= 0.3 is 0 Å². The van der Waals surface area contributed by atoms with E-state index < -0.39 is 0 Å². The summed E-state index contributed by atoms with van der Waals surface area (Å²) in [6.45, 7) is 0. The third kappa shape index (κ3) is 2.63. The largest absolute Gasteiger partial charge is 0.494 e. The van der Waals surface area contributed by atoms with Crippen molar-refractivity contribution in [3.63, 3.8) is 0 Å². The molecule has 4 rings (SSSR count). The minimum atomic E-state index is 0.0556. The number of amides is 1. The van der Waals surface area contributed by atoms with Gasteiger partial charge in [-0.2, -0.15) is 5.10 Å². The second kappa shape index (κ2) is 5.39. The van der Waals surface area contributed by atoms with Crippen LogP contribution in [-0.4, -0.2) is 27.6 Å². The van der Waals surface area contributed by atoms with Gasteiger partial charge in [0.25, 0.3) is 0 Å². The molecule has 0 bridgehead atoms. The number of rotatable bonds is 4. The van der Waals surface area contributed by atoms with E-state index in [-0.39, 0.29) is 11.8 Å². The molecule has 3 aromatic heterocycles. The van der Waals surface area contributed by atoms with Crippen molar-refractivity contribution in [2.24, 2.45) is 5.92 Å². The summed E-state index contributed by atoms with van der Waals surface area (Å²) in [7, 11) is 1.63. The Morgan fingerprint density at radius 2 is 2.22 bits per heavy atom. The van der Waals surface area contributed by atoms with Gasteiger partial charge in [0, 0.05) is 29.9 Å². The molecule has 0 atom stereocenters. The Bertz CT molecular complexity index is 883. The first kappa shape index (κ1) is 13.8. The number of nitrogens with zero attached hydrogens (tertiary/aromatic N) is 3. The van der Waals surface area contributed by atoms with Gasteiger partial charge in [-0.05, 0) is 37.1 Å². The van der Waals surface area contributed by atoms with E-state index in [2.05, 4.69) is 15.4 Å². The number of carbonyl (C=O) groups is 1. The SMILES string of the molecule is COc1cccnc1-c1ccn2nc(NC(=O)C3CC3)cc2c1. The zero-order valence-corrected chi connectivity index (χ0v) is 12.7. The van der Waals surface area contributed by atoms with E-state index in [1.54, 1.807) is 17.8 Å². The van der Waals surface area contributed by atoms with Crippen LogP contribution in [-0.2, 0) is 4.79 Å². The minimum Gasteiger partial charge on any atom is -0.494 e. The highest BCUT2D eigenvalue weighted by Crippen LogP contribution is 2.31. The zero-order valence-electron chi connectivity index (χ0n) is 12.7. The first-order valence-electron chi connectivity index (χ1n) is 7.54. The summed E-state index contributed by atoms with van der Waals surface area (Å²) in [5.74, 6) is 1.51. The van der Waals surface area contributed by atoms with Crippen molar-refractivity contribution in [2.75, 3.05) is 12.4 Å². The molecule has 116 valence electrons. The topological polar surface area (TPSA) is 68.5 Å². The van der Waals surface area contributed by atoms with Gasteiger partial charge < -0.3 is 10.1 Å². The summed E-state index contributed by atoms with van der Waals surface area (Å²) < 4.78 is 7.10. The van der Waals surface area contributed by atoms with Crippen LogP contribution in [0.3, 0.4) is 0 Å². The number of hydrogen-bond acceptors (Lipinski definition) is 4. The second-order valence-corrected chi connectivity index (χ2v) is 5.63. The molecule has 6 heteroatoms. The normalized spacial score (nSPS) is 14.0. The minimum absolute atomic E-state index is 0.0556. The Hall–Kier alpha value is -2.89. The molecule has 0 radical (unpaired) electrons. The van der Waals surface area contributed by atoms with Crippen LogP contribution in [0.4, 0.5) is 5.82 Å². The lowest BCUT2D eigenvalue weighted by atomic mass is 10.1. The van der Waals surface area contributed by atoms with Crippen LogP contribution in [0, 0.1) is 5.92 Å². The van der Waals surface area contributed by atoms with Crippen molar-refractivity contribution in [3.05, 3.63) is 42.7 Å². The van der Waals surface area contributed by atoms with Crippen LogP contribution >= 0.6 is 0 Å². The predicted octanol–water partition coefficient (Wildman–Crippen LogP) is 2.75. The van der Waals surface area contributed by atoms with Crippen molar-refractivity contribution >= 4 is 17.2 Å². The summed E-state index contributed by atoms with van der Waals surface area (Å²) >= 11 is 0. The molecule has 1 saturated carbocycles. The molecule has 1 N–H and O–H groups in total. The fraction of sp³-hybridized carbons (Fsp3) is 0.235. The molecule has 1 amide bonds. The molecule has 0 unspecified atom stereocenters. The van der Waals surface area contributed by atoms with Crippen LogP contribution < -0.4 is 10.1 Å². The van der Waals surface area contributed by atoms with Gasteiger partial charge in [-0.25, -0.2) is 4.52 Å². The maximum absolute atomic E-state index is 11.8. The Morgan fingerprint density at radius 1 is 1.35 bits per heavy atom. The maximum Gasteiger partial charge on any atom is 0.228 e. The molecular weight excluding hydrogens is 292 g/mol. The Morgan fingerprint density at radius 3 is 3.00 bits per heavy atom. The molecule has 0 saturated heterocycles. The smallest absolute Gasteiger partial charge is 0.228 e. The molecule has 6 nitrogen and oxygen atoms in total. The van der Waals surface area contributed by atoms with E-state index in [0.717, 1.165) is 35.4 Å². The molecule has 1 aliphatic rings. The first-order chi connectivity index (χ1) is 11.2. The Kier molecular flexibility index (Phi) is 3.22. The van der Waals surface area contributed by atoms with E-state index in [1.165, 1.54) is 0 Å². The number of methoxy groups -OCH3 is 1. The number of fused-ring (bicyclic) bond motifs is 1. The van der Waals surface area contributed by atoms with Gasteiger partial charge in [0.15, 0.2) is 5.82 Å². The molecule has 0 spiro atoms. The Labute approximate surface area is 133 Å². The summed E-state index contributed by atoms with van der Waals surface area (Å²) in [6.07, 6.45) is 5.54. The second-order valence-electron chi connectivity index (χ2n) is 5.63. The standard InChI is InChI=1S/C17H16N4O2/c1-23-14-3-2-7-18-16(14)12-6-8-21-13(9-12)10-15(20-21)19-17(22)11-4-5-11/h2-3,6-11H,4-5H2,1H3,(H,19,20,22). The number of aromatic nitrogens is 3. The number of ether oxygens (including phenoxy) is 1. The fourth-order valence-corrected chi connectivity index (χ4v) is 2.55. The molecule has 23 heavy (non-hydrogen) atoms. The van der Waals surface area contributed by atoms with Gasteiger partial charge in [-0.15, -0.1) is 0 Å². The highest BCUT2D eigenvalue weighted by molar-refractivity contribution is 5.93. The fourth-order valence-electron chi connectivity index (χ4n) is 2.55. The summed E-state index contributed by atoms with van der Waals surface area (Å²) in [6, 6.07) is 9.48. The van der Waals surface area contributed by atoms with Crippen molar-refractivity contribution in [1.29, 1.82) is 0 Å². The number of carbonyl (C=O) groups excluding carboxylic acids is 1. The highest BCUT2D eigenvalue weighted by atomic mass is 16.5. The predicted molar refractivity (Wildman–Crippen MR) is 86.3 cm³/mol. The van der Waals surface area contributed by atoms with Crippen molar-refractivity contribution < 1.29 is 9.53 Å². The summed E-state index contributed by atoms with van der Waals surface area (Å²) in [4.78, 5) is 16.2. The van der Waals surface area contributed by atoms with Gasteiger partial charge in [-0.1, -0.05) is 0 Å². The molecule has 0 aliphatic heterocycles. The van der Waals surface area contributed by atoms with Crippen molar-refractivity contribution in [3.8, 4) is 17.0 Å². The third-order valence-electron chi connectivity index (χ3n) is 3.93. The molecule has 0 aromatic carbocycles. The van der Waals surface area contributed by atoms with E-state index in [1.807, 2.05) is 36.5 Å². The lowest BCUT2D eigenvalue weighted by molar-refractivity contribution is -0.117. The number of anilines is 1. The number of pyridine rings is 2. The molecule has 3 heterocycles. The molecule has 1 fully saturated rings. The summed E-state index contributed by atoms with van der Waals surface area (Å²) in [5, 5.41) is 7.24. The highest BCUT2D eigenvalue weighted by Gasteiger charge is 2.30. The monoisotopic (exact) mass is 308 g/mol. The lowest BCUT2D eigenvalue weighted by Gasteiger charge is -2.07. The first-order valence-corrected chi connectivity index (χ1v) is 7.54. The van der Waals surface area contributed by atoms with Crippen LogP contribution in [0.1, 0.15) is 12.8 Å². The van der Waals surface area contributed by atoms with Crippen LogP contribution in [0.5, 0.6) is 5.75 Å². The Balaban J connectivity index is 1.68. The lowest BCUT2D eigenvalue weighted by Crippen LogP contribution is -2.13. The molecule has 3 aromatic rings. The van der Waals surface area contributed by atoms with Gasteiger partial charge in [0.1, 0.15) is 11.4 Å². The molecular formula is C17H16N4O2. The van der Waals surface area contributed by atoms with E-state index >= 15 is 0 Å². The summed E-state index contributed by atoms with van der Waals surface area (Å²) in [5.41, 5.74) is 2.61. The third-order valence-corrected chi connectivity index (χ3v) is 3.93. The van der Waals surface area contributed by atoms with Gasteiger partial charge in [-0.3, -0.25) is 9.78 Å². The zero-order chi connectivity index (χ0) is 15.8. The van der Waals surface area contributed by atoms with Gasteiger partial charge in [0.05, 0.1) is 12.6 Å². The maximum atomic E-state index is 11.8. The average molecular weight is 308 g/mol. The van der Waals surface area contributed by atoms with E-state index in [9.17, 15) is 4.79 Å². The average Bonchev–Trinajstić information content (AvgIpc) is 3.35. The van der Waals surface area contributed by atoms with Crippen LogP contribution in [0.25, 0.3) is 16.8 Å².